The molecule has 34 heavy (non-hydrogen) atoms. The molecule has 4 atom stereocenters. The highest BCUT2D eigenvalue weighted by atomic mass is 19.1. The summed E-state index contributed by atoms with van der Waals surface area (Å²) < 4.78 is 16.1. The molecule has 3 aliphatic rings. The van der Waals surface area contributed by atoms with E-state index in [-0.39, 0.29) is 24.0 Å². The first-order valence-electron chi connectivity index (χ1n) is 12.1. The highest BCUT2D eigenvalue weighted by Gasteiger charge is 2.40. The standard InChI is InChI=1S/C24H33FN8O/c1-32-11-10-27-23(32)21(15-6-7-15)29-24(34)16-4-3-5-17(12-16)28-14-20-30-31-22(33(20)2)18-8-9-26-13-19(18)25/h3-5,12-13,15,18-19,21,23,27-28H,6-11,14H2,1-2H3,(H,29,34)/t18?,19?,21-,23?/m1/s1. The molecule has 182 valence electrons. The molecule has 1 amide bonds. The number of likely N-dealkylation sites (N-methyl/N-ethyl adjacent to an activating group) is 1. The molecule has 3 unspecified atom stereocenters. The van der Waals surface area contributed by atoms with Crippen molar-refractivity contribution in [2.24, 2.45) is 18.0 Å². The van der Waals surface area contributed by atoms with E-state index in [9.17, 15) is 9.18 Å². The van der Waals surface area contributed by atoms with Gasteiger partial charge in [0.1, 0.15) is 12.0 Å². The number of nitrogens with one attached hydrogen (secondary N) is 3. The fraction of sp³-hybridized carbons (Fsp3) is 0.583. The third kappa shape index (κ3) is 4.83. The molecule has 1 aliphatic carbocycles. The number of alkyl halides is 1. The summed E-state index contributed by atoms with van der Waals surface area (Å²) in [5, 5.41) is 18.6. The molecule has 3 N–H and O–H groups in total. The summed E-state index contributed by atoms with van der Waals surface area (Å²) in [6.45, 7) is 2.97. The van der Waals surface area contributed by atoms with E-state index in [0.29, 0.717) is 42.6 Å². The van der Waals surface area contributed by atoms with Crippen LogP contribution in [0.25, 0.3) is 0 Å². The molecule has 10 heteroatoms. The molecule has 2 fully saturated rings. The Kier molecular flexibility index (Phi) is 6.60. The van der Waals surface area contributed by atoms with E-state index in [2.05, 4.69) is 43.1 Å². The van der Waals surface area contributed by atoms with E-state index in [1.54, 1.807) is 0 Å². The second kappa shape index (κ2) is 9.79. The maximum Gasteiger partial charge on any atom is 0.251 e. The number of nitrogens with zero attached hydrogens (tertiary/aromatic N) is 5. The fourth-order valence-electron chi connectivity index (χ4n) is 4.96. The number of carbonyl (C=O) groups excluding carboxylic acids is 1. The van der Waals surface area contributed by atoms with Crippen LogP contribution in [0, 0.1) is 5.92 Å². The van der Waals surface area contributed by atoms with Gasteiger partial charge in [0.2, 0.25) is 0 Å². The number of benzene rings is 1. The van der Waals surface area contributed by atoms with Gasteiger partial charge in [-0.05, 0) is 50.4 Å². The van der Waals surface area contributed by atoms with Gasteiger partial charge in [0.15, 0.2) is 5.82 Å². The average molecular weight is 469 g/mol. The second-order valence-electron chi connectivity index (χ2n) is 9.58. The summed E-state index contributed by atoms with van der Waals surface area (Å²) in [6, 6.07) is 7.60. The quantitative estimate of drug-likeness (QED) is 0.545. The lowest BCUT2D eigenvalue weighted by Gasteiger charge is -2.30. The Morgan fingerprint density at radius 3 is 2.85 bits per heavy atom. The first-order chi connectivity index (χ1) is 16.5. The molecule has 9 nitrogen and oxygen atoms in total. The number of rotatable bonds is 8. The summed E-state index contributed by atoms with van der Waals surface area (Å²) in [4.78, 5) is 19.4. The predicted molar refractivity (Wildman–Crippen MR) is 129 cm³/mol. The van der Waals surface area contributed by atoms with Gasteiger partial charge in [0.25, 0.3) is 5.91 Å². The molecular formula is C24H33FN8O. The summed E-state index contributed by atoms with van der Waals surface area (Å²) in [5.74, 6) is 1.51. The van der Waals surface area contributed by atoms with Gasteiger partial charge in [-0.15, -0.1) is 10.2 Å². The Morgan fingerprint density at radius 2 is 2.12 bits per heavy atom. The minimum Gasteiger partial charge on any atom is -0.378 e. The SMILES string of the molecule is CN1CCNC1[C@H](NC(=O)c1cccc(NCc2nnc(C3CCN=CC3F)n2C)c1)C1CC1. The Morgan fingerprint density at radius 1 is 1.26 bits per heavy atom. The van der Waals surface area contributed by atoms with E-state index in [1.807, 2.05) is 35.9 Å². The Bertz CT molecular complexity index is 1050. The Balaban J connectivity index is 1.22. The van der Waals surface area contributed by atoms with Crippen LogP contribution in [0.1, 0.15) is 47.2 Å². The van der Waals surface area contributed by atoms with Crippen LogP contribution in [0.15, 0.2) is 29.3 Å². The van der Waals surface area contributed by atoms with Crippen LogP contribution in [0.2, 0.25) is 0 Å². The second-order valence-corrected chi connectivity index (χ2v) is 9.58. The lowest BCUT2D eigenvalue weighted by atomic mass is 9.97. The summed E-state index contributed by atoms with van der Waals surface area (Å²) in [6.07, 6.45) is 3.37. The van der Waals surface area contributed by atoms with Crippen molar-refractivity contribution in [3.05, 3.63) is 41.5 Å². The van der Waals surface area contributed by atoms with Crippen molar-refractivity contribution >= 4 is 17.8 Å². The van der Waals surface area contributed by atoms with E-state index in [0.717, 1.165) is 31.6 Å². The van der Waals surface area contributed by atoms with Gasteiger partial charge in [0.05, 0.1) is 24.7 Å². The first kappa shape index (κ1) is 22.9. The zero-order valence-corrected chi connectivity index (χ0v) is 19.7. The third-order valence-corrected chi connectivity index (χ3v) is 7.17. The number of aliphatic imine (C=N–C) groups is 1. The highest BCUT2D eigenvalue weighted by Crippen LogP contribution is 2.35. The van der Waals surface area contributed by atoms with Gasteiger partial charge < -0.3 is 15.2 Å². The number of aromatic nitrogens is 3. The minimum absolute atomic E-state index is 0.0588. The van der Waals surface area contributed by atoms with Crippen LogP contribution >= 0.6 is 0 Å². The zero-order chi connectivity index (χ0) is 23.7. The molecule has 0 bridgehead atoms. The largest absolute Gasteiger partial charge is 0.378 e. The molecule has 1 saturated heterocycles. The van der Waals surface area contributed by atoms with Gasteiger partial charge >= 0.3 is 0 Å². The maximum atomic E-state index is 14.3. The van der Waals surface area contributed by atoms with E-state index in [4.69, 9.17) is 0 Å². The first-order valence-corrected chi connectivity index (χ1v) is 12.1. The summed E-state index contributed by atoms with van der Waals surface area (Å²) in [5.41, 5.74) is 1.45. The minimum atomic E-state index is -1.13. The molecular weight excluding hydrogens is 435 g/mol. The smallest absolute Gasteiger partial charge is 0.251 e. The van der Waals surface area contributed by atoms with Crippen LogP contribution in [0.4, 0.5) is 10.1 Å². The summed E-state index contributed by atoms with van der Waals surface area (Å²) >= 11 is 0. The molecule has 1 aromatic heterocycles. The van der Waals surface area contributed by atoms with Crippen LogP contribution in [0.5, 0.6) is 0 Å². The van der Waals surface area contributed by atoms with Crippen molar-refractivity contribution in [1.29, 1.82) is 0 Å². The molecule has 5 rings (SSSR count). The molecule has 0 radical (unpaired) electrons. The molecule has 3 heterocycles. The van der Waals surface area contributed by atoms with Crippen LogP contribution in [-0.2, 0) is 13.6 Å². The maximum absolute atomic E-state index is 14.3. The van der Waals surface area contributed by atoms with Gasteiger partial charge in [-0.1, -0.05) is 6.07 Å². The van der Waals surface area contributed by atoms with Crippen molar-refractivity contribution in [2.75, 3.05) is 32.0 Å². The van der Waals surface area contributed by atoms with Gasteiger partial charge in [-0.25, -0.2) is 4.39 Å². The van der Waals surface area contributed by atoms with Crippen LogP contribution in [-0.4, -0.2) is 76.8 Å². The molecule has 0 spiro atoms. The zero-order valence-electron chi connectivity index (χ0n) is 19.7. The monoisotopic (exact) mass is 468 g/mol. The molecule has 2 aromatic rings. The average Bonchev–Trinajstić information content (AvgIpc) is 3.50. The van der Waals surface area contributed by atoms with E-state index >= 15 is 0 Å². The van der Waals surface area contributed by atoms with Crippen molar-refractivity contribution in [1.82, 2.24) is 30.3 Å². The van der Waals surface area contributed by atoms with E-state index in [1.165, 1.54) is 6.21 Å². The topological polar surface area (TPSA) is 99.5 Å². The van der Waals surface area contributed by atoms with Crippen molar-refractivity contribution in [3.63, 3.8) is 0 Å². The third-order valence-electron chi connectivity index (χ3n) is 7.17. The predicted octanol–water partition coefficient (Wildman–Crippen LogP) is 1.69. The van der Waals surface area contributed by atoms with E-state index < -0.39 is 6.17 Å². The Hall–Kier alpha value is -2.85. The van der Waals surface area contributed by atoms with Gasteiger partial charge in [-0.2, -0.15) is 0 Å². The summed E-state index contributed by atoms with van der Waals surface area (Å²) in [7, 11) is 3.96. The fourth-order valence-corrected chi connectivity index (χ4v) is 4.96. The number of amides is 1. The lowest BCUT2D eigenvalue weighted by molar-refractivity contribution is 0.0897. The lowest BCUT2D eigenvalue weighted by Crippen LogP contribution is -2.54. The number of hydrogen-bond donors (Lipinski definition) is 3. The van der Waals surface area contributed by atoms with Crippen LogP contribution in [0.3, 0.4) is 0 Å². The number of carbonyl (C=O) groups is 1. The van der Waals surface area contributed by atoms with Crippen molar-refractivity contribution in [2.45, 2.75) is 50.1 Å². The normalized spacial score (nSPS) is 25.9. The van der Waals surface area contributed by atoms with Crippen molar-refractivity contribution in [3.8, 4) is 0 Å². The number of hydrogen-bond acceptors (Lipinski definition) is 7. The molecule has 1 aromatic carbocycles. The molecule has 1 saturated carbocycles. The Labute approximate surface area is 199 Å². The van der Waals surface area contributed by atoms with Gasteiger partial charge in [0, 0.05) is 44.1 Å². The number of halogens is 1. The van der Waals surface area contributed by atoms with Crippen molar-refractivity contribution < 1.29 is 9.18 Å². The number of anilines is 1. The molecule has 2 aliphatic heterocycles. The highest BCUT2D eigenvalue weighted by molar-refractivity contribution is 5.95. The van der Waals surface area contributed by atoms with Gasteiger partial charge in [-0.3, -0.25) is 20.0 Å². The van der Waals surface area contributed by atoms with Crippen LogP contribution < -0.4 is 16.0 Å².